The molecule has 5 heteroatoms. The van der Waals surface area contributed by atoms with Crippen molar-refractivity contribution in [2.45, 2.75) is 6.04 Å². The quantitative estimate of drug-likeness (QED) is 0.866. The van der Waals surface area contributed by atoms with Crippen LogP contribution < -0.4 is 10.2 Å². The van der Waals surface area contributed by atoms with Crippen LogP contribution in [0, 0.1) is 0 Å². The first-order chi connectivity index (χ1) is 11.6. The van der Waals surface area contributed by atoms with Gasteiger partial charge in [-0.1, -0.05) is 12.1 Å². The molecule has 0 saturated carbocycles. The van der Waals surface area contributed by atoms with Gasteiger partial charge < -0.3 is 15.1 Å². The monoisotopic (exact) mass is 331 g/mol. The Labute approximate surface area is 147 Å². The molecule has 1 aromatic rings. The molecule has 1 atom stereocenters. The van der Waals surface area contributed by atoms with Crippen molar-refractivity contribution in [2.24, 2.45) is 0 Å². The zero-order valence-corrected chi connectivity index (χ0v) is 15.5. The van der Waals surface area contributed by atoms with Crippen molar-refractivity contribution < 1.29 is 0 Å². The predicted molar refractivity (Wildman–Crippen MR) is 102 cm³/mol. The second kappa shape index (κ2) is 8.30. The van der Waals surface area contributed by atoms with Crippen molar-refractivity contribution in [3.05, 3.63) is 29.8 Å². The van der Waals surface area contributed by atoms with Crippen LogP contribution in [0.1, 0.15) is 11.6 Å². The van der Waals surface area contributed by atoms with Crippen LogP contribution in [0.5, 0.6) is 0 Å². The molecule has 0 spiro atoms. The molecule has 0 aromatic heterocycles. The number of likely N-dealkylation sites (N-methyl/N-ethyl adjacent to an activating group) is 1. The fraction of sp³-hybridized carbons (Fsp3) is 0.684. The summed E-state index contributed by atoms with van der Waals surface area (Å²) in [5.74, 6) is 0. The SMILES string of the molecule is CN1CCN(CC(c2ccc(N(C)C)cc2)N2CCNCC2)CC1. The summed E-state index contributed by atoms with van der Waals surface area (Å²) in [6, 6.07) is 9.69. The number of piperazine rings is 2. The highest BCUT2D eigenvalue weighted by Gasteiger charge is 2.25. The molecular weight excluding hydrogens is 298 g/mol. The van der Waals surface area contributed by atoms with E-state index < -0.39 is 0 Å². The Bertz CT molecular complexity index is 487. The Hall–Kier alpha value is -1.14. The number of nitrogens with one attached hydrogen (secondary N) is 1. The van der Waals surface area contributed by atoms with Gasteiger partial charge in [0, 0.05) is 84.7 Å². The number of hydrogen-bond acceptors (Lipinski definition) is 5. The lowest BCUT2D eigenvalue weighted by atomic mass is 10.0. The highest BCUT2D eigenvalue weighted by molar-refractivity contribution is 5.46. The second-order valence-electron chi connectivity index (χ2n) is 7.39. The number of hydrogen-bond donors (Lipinski definition) is 1. The van der Waals surface area contributed by atoms with E-state index in [0.29, 0.717) is 6.04 Å². The van der Waals surface area contributed by atoms with Crippen LogP contribution in [-0.4, -0.2) is 94.7 Å². The molecule has 2 saturated heterocycles. The molecule has 1 unspecified atom stereocenters. The minimum Gasteiger partial charge on any atom is -0.378 e. The lowest BCUT2D eigenvalue weighted by Gasteiger charge is -2.40. The highest BCUT2D eigenvalue weighted by Crippen LogP contribution is 2.25. The van der Waals surface area contributed by atoms with Crippen molar-refractivity contribution >= 4 is 5.69 Å². The van der Waals surface area contributed by atoms with E-state index in [1.54, 1.807) is 0 Å². The van der Waals surface area contributed by atoms with Gasteiger partial charge in [-0.05, 0) is 24.7 Å². The first-order valence-corrected chi connectivity index (χ1v) is 9.26. The zero-order chi connectivity index (χ0) is 16.9. The molecule has 0 aliphatic carbocycles. The van der Waals surface area contributed by atoms with Crippen molar-refractivity contribution in [3.63, 3.8) is 0 Å². The third-order valence-corrected chi connectivity index (χ3v) is 5.41. The van der Waals surface area contributed by atoms with E-state index in [1.165, 1.54) is 37.4 Å². The van der Waals surface area contributed by atoms with Crippen LogP contribution in [0.25, 0.3) is 0 Å². The van der Waals surface area contributed by atoms with Crippen LogP contribution in [0.3, 0.4) is 0 Å². The summed E-state index contributed by atoms with van der Waals surface area (Å²) in [6.45, 7) is 10.4. The first-order valence-electron chi connectivity index (χ1n) is 9.26. The smallest absolute Gasteiger partial charge is 0.0476 e. The maximum Gasteiger partial charge on any atom is 0.0476 e. The number of benzene rings is 1. The van der Waals surface area contributed by atoms with Crippen LogP contribution in [0.4, 0.5) is 5.69 Å². The third-order valence-electron chi connectivity index (χ3n) is 5.41. The van der Waals surface area contributed by atoms with Gasteiger partial charge in [0.1, 0.15) is 0 Å². The minimum absolute atomic E-state index is 0.506. The normalized spacial score (nSPS) is 22.5. The summed E-state index contributed by atoms with van der Waals surface area (Å²) in [5, 5.41) is 3.49. The molecule has 0 bridgehead atoms. The van der Waals surface area contributed by atoms with Crippen molar-refractivity contribution in [3.8, 4) is 0 Å². The largest absolute Gasteiger partial charge is 0.378 e. The molecule has 3 rings (SSSR count). The van der Waals surface area contributed by atoms with Gasteiger partial charge in [-0.3, -0.25) is 9.80 Å². The lowest BCUT2D eigenvalue weighted by Crippen LogP contribution is -2.51. The van der Waals surface area contributed by atoms with Gasteiger partial charge in [0.25, 0.3) is 0 Å². The molecule has 2 heterocycles. The Kier molecular flexibility index (Phi) is 6.11. The summed E-state index contributed by atoms with van der Waals surface area (Å²) >= 11 is 0. The van der Waals surface area contributed by atoms with E-state index >= 15 is 0 Å². The summed E-state index contributed by atoms with van der Waals surface area (Å²) in [6.07, 6.45) is 0. The van der Waals surface area contributed by atoms with E-state index in [1.807, 2.05) is 0 Å². The number of rotatable bonds is 5. The third kappa shape index (κ3) is 4.48. The van der Waals surface area contributed by atoms with Gasteiger partial charge in [0.15, 0.2) is 0 Å². The molecule has 5 nitrogen and oxygen atoms in total. The minimum atomic E-state index is 0.506. The Morgan fingerprint density at radius 3 is 2.17 bits per heavy atom. The fourth-order valence-corrected chi connectivity index (χ4v) is 3.70. The molecule has 0 radical (unpaired) electrons. The fourth-order valence-electron chi connectivity index (χ4n) is 3.70. The lowest BCUT2D eigenvalue weighted by molar-refractivity contribution is 0.0923. The van der Waals surface area contributed by atoms with Crippen molar-refractivity contribution in [1.82, 2.24) is 20.0 Å². The average Bonchev–Trinajstić information content (AvgIpc) is 2.62. The van der Waals surface area contributed by atoms with Crippen LogP contribution in [0.2, 0.25) is 0 Å². The molecule has 24 heavy (non-hydrogen) atoms. The van der Waals surface area contributed by atoms with E-state index in [0.717, 1.165) is 32.7 Å². The van der Waals surface area contributed by atoms with Crippen LogP contribution in [-0.2, 0) is 0 Å². The maximum atomic E-state index is 3.49. The number of anilines is 1. The molecule has 134 valence electrons. The predicted octanol–water partition coefficient (Wildman–Crippen LogP) is 0.946. The van der Waals surface area contributed by atoms with E-state index in [-0.39, 0.29) is 0 Å². The topological polar surface area (TPSA) is 25.0 Å². The van der Waals surface area contributed by atoms with Crippen LogP contribution >= 0.6 is 0 Å². The van der Waals surface area contributed by atoms with Gasteiger partial charge in [0.2, 0.25) is 0 Å². The van der Waals surface area contributed by atoms with Crippen molar-refractivity contribution in [2.75, 3.05) is 84.9 Å². The summed E-state index contributed by atoms with van der Waals surface area (Å²) < 4.78 is 0. The Morgan fingerprint density at radius 1 is 0.958 bits per heavy atom. The molecular formula is C19H33N5. The average molecular weight is 332 g/mol. The molecule has 1 aromatic carbocycles. The molecule has 1 N–H and O–H groups in total. The van der Waals surface area contributed by atoms with E-state index in [2.05, 4.69) is 70.3 Å². The van der Waals surface area contributed by atoms with Gasteiger partial charge in [-0.15, -0.1) is 0 Å². The molecule has 2 fully saturated rings. The summed E-state index contributed by atoms with van der Waals surface area (Å²) in [5.41, 5.74) is 2.74. The maximum absolute atomic E-state index is 3.49. The standard InChI is InChI=1S/C19H33N5/c1-21(2)18-6-4-17(5-7-18)19(24-10-8-20-9-11-24)16-23-14-12-22(3)13-15-23/h4-7,19-20H,8-16H2,1-3H3. The van der Waals surface area contributed by atoms with Gasteiger partial charge in [-0.2, -0.15) is 0 Å². The van der Waals surface area contributed by atoms with E-state index in [9.17, 15) is 0 Å². The molecule has 0 amide bonds. The second-order valence-corrected chi connectivity index (χ2v) is 7.39. The van der Waals surface area contributed by atoms with E-state index in [4.69, 9.17) is 0 Å². The summed E-state index contributed by atoms with van der Waals surface area (Å²) in [4.78, 5) is 9.91. The number of nitrogens with zero attached hydrogens (tertiary/aromatic N) is 4. The molecule has 2 aliphatic heterocycles. The van der Waals surface area contributed by atoms with Crippen molar-refractivity contribution in [1.29, 1.82) is 0 Å². The zero-order valence-electron chi connectivity index (χ0n) is 15.5. The van der Waals surface area contributed by atoms with Gasteiger partial charge >= 0.3 is 0 Å². The summed E-state index contributed by atoms with van der Waals surface area (Å²) in [7, 11) is 6.44. The van der Waals surface area contributed by atoms with Gasteiger partial charge in [0.05, 0.1) is 0 Å². The molecule has 2 aliphatic rings. The van der Waals surface area contributed by atoms with Crippen LogP contribution in [0.15, 0.2) is 24.3 Å². The highest BCUT2D eigenvalue weighted by atomic mass is 15.3. The Morgan fingerprint density at radius 2 is 1.58 bits per heavy atom. The first kappa shape index (κ1) is 17.7. The Balaban J connectivity index is 1.73. The van der Waals surface area contributed by atoms with Gasteiger partial charge in [-0.25, -0.2) is 0 Å².